The van der Waals surface area contributed by atoms with Crippen LogP contribution in [0.15, 0.2) is 12.2 Å². The molecule has 3 aliphatic rings. The molecule has 23 heteroatoms. The average molecular weight is 1600 g/mol. The zero-order valence-electron chi connectivity index (χ0n) is 70.6. The van der Waals surface area contributed by atoms with Crippen molar-refractivity contribution in [2.45, 2.75) is 509 Å². The third-order valence-corrected chi connectivity index (χ3v) is 23.5. The summed E-state index contributed by atoms with van der Waals surface area (Å²) in [5.74, 6) is -6.13. The zero-order chi connectivity index (χ0) is 81.7. The highest BCUT2D eigenvalue weighted by Gasteiger charge is 2.60. The Balaban J connectivity index is 1.43. The molecule has 0 saturated carbocycles. The van der Waals surface area contributed by atoms with Crippen molar-refractivity contribution in [2.24, 2.45) is 0 Å². The molecule has 3 rings (SSSR count). The number of aliphatic hydroxyl groups is 11. The van der Waals surface area contributed by atoms with Gasteiger partial charge in [-0.3, -0.25) is 9.59 Å². The Morgan fingerprint density at radius 3 is 1.19 bits per heavy atom. The van der Waals surface area contributed by atoms with Crippen molar-refractivity contribution in [3.05, 3.63) is 12.2 Å². The van der Waals surface area contributed by atoms with Gasteiger partial charge >= 0.3 is 5.97 Å². The zero-order valence-corrected chi connectivity index (χ0v) is 70.6. The summed E-state index contributed by atoms with van der Waals surface area (Å²) in [7, 11) is 0. The molecule has 0 aliphatic carbocycles. The van der Waals surface area contributed by atoms with Gasteiger partial charge in [-0.1, -0.05) is 373 Å². The van der Waals surface area contributed by atoms with Gasteiger partial charge in [0.15, 0.2) is 12.6 Å². The van der Waals surface area contributed by atoms with E-state index in [2.05, 4.69) is 24.5 Å². The van der Waals surface area contributed by atoms with Gasteiger partial charge in [0.05, 0.1) is 50.7 Å². The van der Waals surface area contributed by atoms with E-state index >= 15 is 0 Å². The van der Waals surface area contributed by atoms with Crippen molar-refractivity contribution in [1.29, 1.82) is 0 Å². The van der Waals surface area contributed by atoms with Crippen LogP contribution in [0.25, 0.3) is 0 Å². The summed E-state index contributed by atoms with van der Waals surface area (Å²) in [5.41, 5.74) is 0. The topological polar surface area (TPSA) is 373 Å². The van der Waals surface area contributed by atoms with E-state index in [1.54, 1.807) is 6.08 Å². The number of carbonyl (C=O) groups excluding carboxylic acids is 2. The van der Waals surface area contributed by atoms with Gasteiger partial charge < -0.3 is 100 Å². The lowest BCUT2D eigenvalue weighted by molar-refractivity contribution is -0.386. The van der Waals surface area contributed by atoms with Gasteiger partial charge in [0, 0.05) is 19.8 Å². The normalized spacial score (nSPS) is 25.4. The number of amides is 2. The third kappa shape index (κ3) is 45.6. The van der Waals surface area contributed by atoms with Crippen LogP contribution in [0.4, 0.5) is 0 Å². The number of hydrogen-bond donors (Lipinski definition) is 14. The number of carboxylic acid groups (broad SMARTS) is 1. The Kier molecular flexibility index (Phi) is 62.3. The maximum Gasteiger partial charge on any atom is 0.364 e. The second-order valence-electron chi connectivity index (χ2n) is 33.5. The monoisotopic (exact) mass is 1600 g/mol. The van der Waals surface area contributed by atoms with Crippen LogP contribution in [-0.4, -0.2) is 215 Å². The summed E-state index contributed by atoms with van der Waals surface area (Å²) in [4.78, 5) is 38.8. The highest BCUT2D eigenvalue weighted by molar-refractivity contribution is 5.77. The fourth-order valence-electron chi connectivity index (χ4n) is 16.2. The van der Waals surface area contributed by atoms with Crippen molar-refractivity contribution in [3.63, 3.8) is 0 Å². The summed E-state index contributed by atoms with van der Waals surface area (Å²) in [5, 5.41) is 137. The van der Waals surface area contributed by atoms with Gasteiger partial charge in [-0.25, -0.2) is 4.79 Å². The van der Waals surface area contributed by atoms with Crippen molar-refractivity contribution in [2.75, 3.05) is 26.4 Å². The van der Waals surface area contributed by atoms with Gasteiger partial charge in [0.2, 0.25) is 11.8 Å². The predicted octanol–water partition coefficient (Wildman–Crippen LogP) is 14.9. The third-order valence-electron chi connectivity index (χ3n) is 23.5. The van der Waals surface area contributed by atoms with Crippen molar-refractivity contribution >= 4 is 17.8 Å². The number of unbranched alkanes of at least 4 members (excludes halogenated alkanes) is 55. The Morgan fingerprint density at radius 1 is 0.464 bits per heavy atom. The van der Waals surface area contributed by atoms with Gasteiger partial charge in [0.25, 0.3) is 5.79 Å². The van der Waals surface area contributed by atoms with Crippen molar-refractivity contribution in [3.8, 4) is 0 Å². The van der Waals surface area contributed by atoms with E-state index in [-0.39, 0.29) is 12.3 Å². The SMILES string of the molecule is CCCCCCCCCCCCCCCCCCCCCCC/C=C/C(O)C(COC1OC(CO)C(OC2OC(CO)C(O)C(OC3(C(=O)O)CC(O)C(NC(C)=O)C(C(O)C(O)CO)O3)C2O)C(O)C1O)NC(=O)CCCCCCCCCCCCCCCCCCCCCCCCCCCCCCCCCCCCC. The first-order chi connectivity index (χ1) is 54.4. The van der Waals surface area contributed by atoms with Gasteiger partial charge in [-0.15, -0.1) is 0 Å². The number of rotatable bonds is 75. The number of allylic oxidation sites excluding steroid dienone is 1. The summed E-state index contributed by atoms with van der Waals surface area (Å²) in [6.07, 6.45) is 48.4. The molecule has 0 aromatic carbocycles. The molecule has 14 N–H and O–H groups in total. The molecule has 0 aromatic heterocycles. The van der Waals surface area contributed by atoms with Gasteiger partial charge in [-0.05, 0) is 19.3 Å². The predicted molar refractivity (Wildman–Crippen MR) is 440 cm³/mol. The fourth-order valence-corrected chi connectivity index (χ4v) is 16.2. The van der Waals surface area contributed by atoms with E-state index in [0.717, 1.165) is 51.9 Å². The largest absolute Gasteiger partial charge is 0.477 e. The number of nitrogens with one attached hydrogen (secondary N) is 2. The standard InChI is InChI=1S/C89H168N2O21/c1-4-6-8-10-12-14-16-18-20-22-24-26-28-29-30-31-32-33-34-35-36-37-38-39-41-43-45-47-49-51-53-55-57-59-61-63-76(99)91-70(71(96)62-60-58-56-54-52-50-48-46-44-42-40-27-25-23-21-19-17-15-13-11-9-7-5-2)68-107-86-81(103)80(102)83(75(67-94)109-86)110-87-82(104)85(79(101)74(66-93)108-87)112-89(88(105)106)64-72(97)77(90-69(3)95)84(111-89)78(100)73(98)65-92/h60,62,70-75,77-87,92-94,96-98,100-104H,4-59,61,63-68H2,1-3H3,(H,90,95)(H,91,99)(H,105,106)/b62-60+. The Labute approximate surface area is 677 Å². The average Bonchev–Trinajstić information content (AvgIpc) is 0.755. The molecule has 18 atom stereocenters. The number of carboxylic acids is 1. The molecule has 112 heavy (non-hydrogen) atoms. The van der Waals surface area contributed by atoms with Crippen LogP contribution in [0.3, 0.4) is 0 Å². The summed E-state index contributed by atoms with van der Waals surface area (Å²) in [6, 6.07) is -2.62. The van der Waals surface area contributed by atoms with Crippen molar-refractivity contribution in [1.82, 2.24) is 10.6 Å². The van der Waals surface area contributed by atoms with Gasteiger partial charge in [-0.2, -0.15) is 0 Å². The van der Waals surface area contributed by atoms with Crippen LogP contribution in [0.1, 0.15) is 400 Å². The second kappa shape index (κ2) is 67.3. The first-order valence-corrected chi connectivity index (χ1v) is 46.1. The maximum atomic E-state index is 13.6. The minimum Gasteiger partial charge on any atom is -0.477 e. The lowest BCUT2D eigenvalue weighted by atomic mass is 9.88. The first kappa shape index (κ1) is 104. The summed E-state index contributed by atoms with van der Waals surface area (Å²) >= 11 is 0. The van der Waals surface area contributed by atoms with Crippen molar-refractivity contribution < 1.29 is 104 Å². The van der Waals surface area contributed by atoms with Crippen LogP contribution in [0, 0.1) is 0 Å². The lowest BCUT2D eigenvalue weighted by Gasteiger charge is -2.50. The highest BCUT2D eigenvalue weighted by atomic mass is 16.8. The minimum absolute atomic E-state index is 0.206. The Hall–Kier alpha value is -2.53. The maximum absolute atomic E-state index is 13.6. The first-order valence-electron chi connectivity index (χ1n) is 46.1. The number of carbonyl (C=O) groups is 3. The Morgan fingerprint density at radius 2 is 0.830 bits per heavy atom. The second-order valence-corrected chi connectivity index (χ2v) is 33.5. The highest BCUT2D eigenvalue weighted by Crippen LogP contribution is 2.39. The van der Waals surface area contributed by atoms with E-state index in [1.165, 1.54) is 308 Å². The molecule has 2 amide bonds. The quantitative estimate of drug-likeness (QED) is 0.0199. The number of hydrogen-bond acceptors (Lipinski definition) is 20. The summed E-state index contributed by atoms with van der Waals surface area (Å²) < 4.78 is 35.0. The lowest BCUT2D eigenvalue weighted by Crippen LogP contribution is -2.70. The van der Waals surface area contributed by atoms with E-state index in [9.17, 15) is 75.7 Å². The fraction of sp³-hybridized carbons (Fsp3) is 0.944. The molecule has 23 nitrogen and oxygen atoms in total. The van der Waals surface area contributed by atoms with E-state index in [1.807, 2.05) is 6.08 Å². The minimum atomic E-state index is -3.08. The van der Waals surface area contributed by atoms with Crippen LogP contribution >= 0.6 is 0 Å². The molecule has 0 radical (unpaired) electrons. The molecular formula is C89H168N2O21. The van der Waals surface area contributed by atoms with Crippen LogP contribution in [0.2, 0.25) is 0 Å². The van der Waals surface area contributed by atoms with Crippen LogP contribution < -0.4 is 10.6 Å². The molecule has 18 unspecified atom stereocenters. The van der Waals surface area contributed by atoms with Crippen LogP contribution in [0.5, 0.6) is 0 Å². The molecule has 0 bridgehead atoms. The number of aliphatic hydroxyl groups excluding tert-OH is 11. The molecule has 3 aliphatic heterocycles. The van der Waals surface area contributed by atoms with Crippen LogP contribution in [-0.2, 0) is 42.8 Å². The number of aliphatic carboxylic acids is 1. The molecule has 3 fully saturated rings. The molecular weight excluding hydrogens is 1430 g/mol. The van der Waals surface area contributed by atoms with Gasteiger partial charge in [0.1, 0.15) is 67.1 Å². The van der Waals surface area contributed by atoms with E-state index in [0.29, 0.717) is 12.8 Å². The summed E-state index contributed by atoms with van der Waals surface area (Å²) in [6.45, 7) is 2.22. The molecule has 3 heterocycles. The molecule has 0 aromatic rings. The number of ether oxygens (including phenoxy) is 6. The van der Waals surface area contributed by atoms with E-state index in [4.69, 9.17) is 28.4 Å². The molecule has 660 valence electrons. The Bertz CT molecular complexity index is 2260. The smallest absolute Gasteiger partial charge is 0.364 e. The van der Waals surface area contributed by atoms with E-state index < -0.39 is 155 Å². The molecule has 0 spiro atoms. The molecule has 3 saturated heterocycles.